The molecule has 0 aliphatic carbocycles. The zero-order chi connectivity index (χ0) is 16.4. The topological polar surface area (TPSA) is 72.7 Å². The number of carbonyl (C=O) groups is 1. The lowest BCUT2D eigenvalue weighted by Crippen LogP contribution is -2.23. The fourth-order valence-electron chi connectivity index (χ4n) is 2.40. The van der Waals surface area contributed by atoms with E-state index in [1.54, 1.807) is 4.68 Å². The second-order valence-corrected chi connectivity index (χ2v) is 5.54. The maximum Gasteiger partial charge on any atom is 0.254 e. The SMILES string of the molecule is CCc1ncc(C(=O)NCc2nn(C)c3cccc(Cl)c23)cn1. The average molecular weight is 330 g/mol. The number of rotatable bonds is 4. The third-order valence-corrected chi connectivity index (χ3v) is 3.91. The van der Waals surface area contributed by atoms with Gasteiger partial charge in [0.2, 0.25) is 0 Å². The Balaban J connectivity index is 1.79. The van der Waals surface area contributed by atoms with Crippen LogP contribution in [-0.4, -0.2) is 25.7 Å². The van der Waals surface area contributed by atoms with E-state index in [1.165, 1.54) is 12.4 Å². The lowest BCUT2D eigenvalue weighted by atomic mass is 10.2. The second-order valence-electron chi connectivity index (χ2n) is 5.13. The van der Waals surface area contributed by atoms with Gasteiger partial charge >= 0.3 is 0 Å². The summed E-state index contributed by atoms with van der Waals surface area (Å²) in [6.07, 6.45) is 3.80. The van der Waals surface area contributed by atoms with Crippen LogP contribution in [0, 0.1) is 0 Å². The highest BCUT2D eigenvalue weighted by Gasteiger charge is 2.13. The van der Waals surface area contributed by atoms with Gasteiger partial charge in [0.05, 0.1) is 28.3 Å². The van der Waals surface area contributed by atoms with Crippen molar-refractivity contribution in [3.63, 3.8) is 0 Å². The molecule has 3 aromatic rings. The Morgan fingerprint density at radius 1 is 1.30 bits per heavy atom. The molecule has 3 rings (SSSR count). The number of nitrogens with zero attached hydrogens (tertiary/aromatic N) is 4. The Hall–Kier alpha value is -2.47. The van der Waals surface area contributed by atoms with Crippen molar-refractivity contribution in [2.75, 3.05) is 0 Å². The van der Waals surface area contributed by atoms with Crippen molar-refractivity contribution in [3.8, 4) is 0 Å². The van der Waals surface area contributed by atoms with Crippen molar-refractivity contribution in [1.29, 1.82) is 0 Å². The number of fused-ring (bicyclic) bond motifs is 1. The first-order valence-electron chi connectivity index (χ1n) is 7.29. The fourth-order valence-corrected chi connectivity index (χ4v) is 2.68. The molecule has 0 spiro atoms. The second kappa shape index (κ2) is 6.34. The lowest BCUT2D eigenvalue weighted by Gasteiger charge is -2.04. The van der Waals surface area contributed by atoms with Crippen LogP contribution in [-0.2, 0) is 20.0 Å². The predicted octanol–water partition coefficient (Wildman–Crippen LogP) is 2.51. The van der Waals surface area contributed by atoms with E-state index >= 15 is 0 Å². The molecule has 6 nitrogen and oxygen atoms in total. The Kier molecular flexibility index (Phi) is 4.25. The summed E-state index contributed by atoms with van der Waals surface area (Å²) in [4.78, 5) is 20.4. The molecule has 23 heavy (non-hydrogen) atoms. The van der Waals surface area contributed by atoms with Crippen LogP contribution in [0.3, 0.4) is 0 Å². The normalized spacial score (nSPS) is 10.9. The van der Waals surface area contributed by atoms with E-state index in [4.69, 9.17) is 11.6 Å². The Morgan fingerprint density at radius 3 is 2.74 bits per heavy atom. The molecule has 2 aromatic heterocycles. The van der Waals surface area contributed by atoms with Gasteiger partial charge in [0.15, 0.2) is 0 Å². The van der Waals surface area contributed by atoms with Crippen molar-refractivity contribution in [1.82, 2.24) is 25.1 Å². The number of halogens is 1. The van der Waals surface area contributed by atoms with E-state index in [9.17, 15) is 4.79 Å². The quantitative estimate of drug-likeness (QED) is 0.798. The first kappa shape index (κ1) is 15.4. The Labute approximate surface area is 138 Å². The molecule has 0 bridgehead atoms. The zero-order valence-corrected chi connectivity index (χ0v) is 13.6. The van der Waals surface area contributed by atoms with Gasteiger partial charge in [-0.1, -0.05) is 24.6 Å². The van der Waals surface area contributed by atoms with Crippen LogP contribution in [0.15, 0.2) is 30.6 Å². The molecule has 0 radical (unpaired) electrons. The van der Waals surface area contributed by atoms with Crippen molar-refractivity contribution < 1.29 is 4.79 Å². The van der Waals surface area contributed by atoms with Gasteiger partial charge in [0, 0.05) is 31.2 Å². The number of aromatic nitrogens is 4. The van der Waals surface area contributed by atoms with Gasteiger partial charge in [0.25, 0.3) is 5.91 Å². The summed E-state index contributed by atoms with van der Waals surface area (Å²) in [7, 11) is 1.85. The van der Waals surface area contributed by atoms with Crippen molar-refractivity contribution in [3.05, 3.63) is 52.7 Å². The van der Waals surface area contributed by atoms with Crippen molar-refractivity contribution in [2.24, 2.45) is 7.05 Å². The van der Waals surface area contributed by atoms with Crippen LogP contribution in [0.2, 0.25) is 5.02 Å². The molecule has 7 heteroatoms. The van der Waals surface area contributed by atoms with Gasteiger partial charge < -0.3 is 5.32 Å². The number of aryl methyl sites for hydroxylation is 2. The molecule has 0 saturated carbocycles. The third-order valence-electron chi connectivity index (χ3n) is 3.60. The third kappa shape index (κ3) is 3.03. The number of hydrogen-bond donors (Lipinski definition) is 1. The van der Waals surface area contributed by atoms with Gasteiger partial charge in [0.1, 0.15) is 5.82 Å². The minimum absolute atomic E-state index is 0.237. The largest absolute Gasteiger partial charge is 0.346 e. The maximum absolute atomic E-state index is 12.2. The van der Waals surface area contributed by atoms with Crippen molar-refractivity contribution in [2.45, 2.75) is 19.9 Å². The van der Waals surface area contributed by atoms with Crippen LogP contribution in [0.5, 0.6) is 0 Å². The van der Waals surface area contributed by atoms with Crippen LogP contribution >= 0.6 is 11.6 Å². The molecule has 1 amide bonds. The first-order valence-corrected chi connectivity index (χ1v) is 7.67. The lowest BCUT2D eigenvalue weighted by molar-refractivity contribution is 0.0949. The zero-order valence-electron chi connectivity index (χ0n) is 12.9. The molecular weight excluding hydrogens is 314 g/mol. The van der Waals surface area contributed by atoms with Gasteiger partial charge in [-0.2, -0.15) is 5.10 Å². The van der Waals surface area contributed by atoms with E-state index in [0.29, 0.717) is 16.4 Å². The number of nitrogens with one attached hydrogen (secondary N) is 1. The van der Waals surface area contributed by atoms with E-state index in [1.807, 2.05) is 32.2 Å². The number of carbonyl (C=O) groups excluding carboxylic acids is 1. The Bertz CT molecular complexity index is 857. The van der Waals surface area contributed by atoms with Crippen LogP contribution in [0.4, 0.5) is 0 Å². The monoisotopic (exact) mass is 329 g/mol. The summed E-state index contributed by atoms with van der Waals surface area (Å²) in [5.41, 5.74) is 2.08. The van der Waals surface area contributed by atoms with E-state index in [2.05, 4.69) is 20.4 Å². The number of amides is 1. The highest BCUT2D eigenvalue weighted by atomic mass is 35.5. The van der Waals surface area contributed by atoms with Gasteiger partial charge in [-0.05, 0) is 12.1 Å². The molecule has 0 aliphatic heterocycles. The molecule has 0 unspecified atom stereocenters. The van der Waals surface area contributed by atoms with E-state index in [0.717, 1.165) is 23.0 Å². The summed E-state index contributed by atoms with van der Waals surface area (Å²) in [6.45, 7) is 2.25. The summed E-state index contributed by atoms with van der Waals surface area (Å²) in [5, 5.41) is 8.74. The summed E-state index contributed by atoms with van der Waals surface area (Å²) in [5.74, 6) is 0.475. The molecule has 0 saturated heterocycles. The molecule has 118 valence electrons. The highest BCUT2D eigenvalue weighted by molar-refractivity contribution is 6.35. The molecule has 1 N–H and O–H groups in total. The molecular formula is C16H16ClN5O. The van der Waals surface area contributed by atoms with Crippen LogP contribution in [0.25, 0.3) is 10.9 Å². The summed E-state index contributed by atoms with van der Waals surface area (Å²) < 4.78 is 1.75. The van der Waals surface area contributed by atoms with Crippen molar-refractivity contribution >= 4 is 28.4 Å². The average Bonchev–Trinajstić information content (AvgIpc) is 2.90. The molecule has 0 fully saturated rings. The van der Waals surface area contributed by atoms with Gasteiger partial charge in [-0.15, -0.1) is 0 Å². The minimum Gasteiger partial charge on any atom is -0.346 e. The smallest absolute Gasteiger partial charge is 0.254 e. The molecule has 1 aromatic carbocycles. The predicted molar refractivity (Wildman–Crippen MR) is 88.3 cm³/mol. The van der Waals surface area contributed by atoms with Gasteiger partial charge in [-0.3, -0.25) is 9.48 Å². The van der Waals surface area contributed by atoms with Crippen LogP contribution in [0.1, 0.15) is 28.8 Å². The standard InChI is InChI=1S/C16H16ClN5O/c1-3-14-18-7-10(8-19-14)16(23)20-9-12-15-11(17)5-4-6-13(15)22(2)21-12/h4-8H,3,9H2,1-2H3,(H,20,23). The van der Waals surface area contributed by atoms with E-state index < -0.39 is 0 Å². The van der Waals surface area contributed by atoms with Gasteiger partial charge in [-0.25, -0.2) is 9.97 Å². The summed E-state index contributed by atoms with van der Waals surface area (Å²) >= 11 is 6.26. The molecule has 0 atom stereocenters. The molecule has 0 aliphatic rings. The highest BCUT2D eigenvalue weighted by Crippen LogP contribution is 2.26. The summed E-state index contributed by atoms with van der Waals surface area (Å²) in [6, 6.07) is 5.63. The number of hydrogen-bond acceptors (Lipinski definition) is 4. The van der Waals surface area contributed by atoms with Crippen LogP contribution < -0.4 is 5.32 Å². The van der Waals surface area contributed by atoms with E-state index in [-0.39, 0.29) is 12.5 Å². The Morgan fingerprint density at radius 2 is 2.04 bits per heavy atom. The first-order chi connectivity index (χ1) is 11.1. The fraction of sp³-hybridized carbons (Fsp3) is 0.250. The minimum atomic E-state index is -0.237. The number of benzene rings is 1. The maximum atomic E-state index is 12.2. The molecule has 2 heterocycles.